The summed E-state index contributed by atoms with van der Waals surface area (Å²) in [7, 11) is 0. The maximum Gasteiger partial charge on any atom is 0.222 e. The van der Waals surface area contributed by atoms with Gasteiger partial charge < -0.3 is 4.90 Å². The second-order valence-electron chi connectivity index (χ2n) is 6.47. The lowest BCUT2D eigenvalue weighted by atomic mass is 9.98. The fraction of sp³-hybridized carbons (Fsp3) is 0.500. The Morgan fingerprint density at radius 1 is 1.36 bits per heavy atom. The first kappa shape index (κ1) is 18.5. The Hall–Kier alpha value is -1.33. The molecule has 1 unspecified atom stereocenters. The van der Waals surface area contributed by atoms with Gasteiger partial charge in [0.25, 0.3) is 0 Å². The number of aryl methyl sites for hydroxylation is 1. The highest BCUT2D eigenvalue weighted by Gasteiger charge is 2.26. The van der Waals surface area contributed by atoms with Crippen LogP contribution in [0.5, 0.6) is 0 Å². The maximum atomic E-state index is 12.5. The number of carbonyl (C=O) groups excluding carboxylic acids is 1. The summed E-state index contributed by atoms with van der Waals surface area (Å²) < 4.78 is 0. The third-order valence-corrected chi connectivity index (χ3v) is 6.76. The summed E-state index contributed by atoms with van der Waals surface area (Å²) in [6, 6.07) is 10.4. The van der Waals surface area contributed by atoms with E-state index in [0.717, 1.165) is 44.5 Å². The van der Waals surface area contributed by atoms with Gasteiger partial charge in [0.2, 0.25) is 5.91 Å². The van der Waals surface area contributed by atoms with Crippen LogP contribution in [0.15, 0.2) is 40.6 Å². The van der Waals surface area contributed by atoms with Crippen molar-refractivity contribution in [1.82, 2.24) is 9.88 Å². The third kappa shape index (κ3) is 5.32. The van der Waals surface area contributed by atoms with Crippen molar-refractivity contribution in [2.24, 2.45) is 0 Å². The Bertz CT molecular complexity index is 671. The van der Waals surface area contributed by atoms with Crippen molar-refractivity contribution in [2.75, 3.05) is 18.8 Å². The van der Waals surface area contributed by atoms with Crippen LogP contribution in [0.3, 0.4) is 0 Å². The third-order valence-electron chi connectivity index (χ3n) is 4.60. The zero-order valence-corrected chi connectivity index (χ0v) is 16.5. The minimum absolute atomic E-state index is 0.311. The summed E-state index contributed by atoms with van der Waals surface area (Å²) in [5, 5.41) is 3.38. The smallest absolute Gasteiger partial charge is 0.222 e. The van der Waals surface area contributed by atoms with E-state index in [2.05, 4.69) is 41.5 Å². The van der Waals surface area contributed by atoms with E-state index in [0.29, 0.717) is 18.2 Å². The first-order chi connectivity index (χ1) is 12.3. The number of piperidine rings is 1. The fourth-order valence-electron chi connectivity index (χ4n) is 3.17. The van der Waals surface area contributed by atoms with Crippen LogP contribution in [0.4, 0.5) is 0 Å². The SMILES string of the molecule is CCc1csc(C2CCCN(C(=O)CCCSc3ccccc3)C2)n1. The van der Waals surface area contributed by atoms with Gasteiger partial charge in [-0.2, -0.15) is 0 Å². The molecule has 1 aromatic carbocycles. The molecule has 2 aromatic rings. The first-order valence-corrected chi connectivity index (χ1v) is 11.0. The largest absolute Gasteiger partial charge is 0.342 e. The van der Waals surface area contributed by atoms with Crippen molar-refractivity contribution >= 4 is 29.0 Å². The number of likely N-dealkylation sites (tertiary alicyclic amines) is 1. The second kappa shape index (κ2) is 9.39. The second-order valence-corrected chi connectivity index (χ2v) is 8.53. The summed E-state index contributed by atoms with van der Waals surface area (Å²) in [6.45, 7) is 3.90. The van der Waals surface area contributed by atoms with E-state index in [1.165, 1.54) is 15.6 Å². The summed E-state index contributed by atoms with van der Waals surface area (Å²) in [6.07, 6.45) is 4.84. The number of aromatic nitrogens is 1. The van der Waals surface area contributed by atoms with Crippen molar-refractivity contribution in [2.45, 2.75) is 49.8 Å². The Morgan fingerprint density at radius 2 is 2.20 bits per heavy atom. The highest BCUT2D eigenvalue weighted by atomic mass is 32.2. The Kier molecular flexibility index (Phi) is 6.93. The standard InChI is InChI=1S/C20H26N2OS2/c1-2-17-15-25-20(21-17)16-8-6-12-22(14-16)19(23)11-7-13-24-18-9-4-3-5-10-18/h3-5,9-10,15-16H,2,6-8,11-14H2,1H3. The molecule has 1 aliphatic heterocycles. The maximum absolute atomic E-state index is 12.5. The van der Waals surface area contributed by atoms with E-state index in [9.17, 15) is 4.79 Å². The molecule has 1 saturated heterocycles. The predicted molar refractivity (Wildman–Crippen MR) is 106 cm³/mol. The van der Waals surface area contributed by atoms with Gasteiger partial charge in [-0.05, 0) is 43.6 Å². The Morgan fingerprint density at radius 3 is 2.96 bits per heavy atom. The average Bonchev–Trinajstić information content (AvgIpc) is 3.15. The molecule has 3 rings (SSSR count). The lowest BCUT2D eigenvalue weighted by Crippen LogP contribution is -2.39. The quantitative estimate of drug-likeness (QED) is 0.506. The van der Waals surface area contributed by atoms with Crippen LogP contribution in [0.1, 0.15) is 49.2 Å². The molecule has 0 spiro atoms. The van der Waals surface area contributed by atoms with E-state index in [1.54, 1.807) is 11.3 Å². The van der Waals surface area contributed by atoms with Crippen molar-refractivity contribution in [3.63, 3.8) is 0 Å². The number of carbonyl (C=O) groups is 1. The molecular formula is C20H26N2OS2. The zero-order chi connectivity index (χ0) is 17.5. The van der Waals surface area contributed by atoms with Crippen LogP contribution < -0.4 is 0 Å². The van der Waals surface area contributed by atoms with Gasteiger partial charge in [-0.15, -0.1) is 23.1 Å². The van der Waals surface area contributed by atoms with E-state index in [4.69, 9.17) is 4.98 Å². The van der Waals surface area contributed by atoms with Crippen LogP contribution in [0.2, 0.25) is 0 Å². The van der Waals surface area contributed by atoms with Crippen molar-refractivity contribution < 1.29 is 4.79 Å². The van der Waals surface area contributed by atoms with Crippen LogP contribution in [-0.4, -0.2) is 34.6 Å². The number of thiazole rings is 1. The van der Waals surface area contributed by atoms with Gasteiger partial charge in [0, 0.05) is 35.7 Å². The molecule has 0 N–H and O–H groups in total. The van der Waals surface area contributed by atoms with Gasteiger partial charge in [-0.3, -0.25) is 4.79 Å². The Balaban J connectivity index is 1.43. The van der Waals surface area contributed by atoms with E-state index >= 15 is 0 Å². The molecule has 0 bridgehead atoms. The number of hydrogen-bond acceptors (Lipinski definition) is 4. The van der Waals surface area contributed by atoms with Gasteiger partial charge >= 0.3 is 0 Å². The normalized spacial score (nSPS) is 17.6. The molecule has 25 heavy (non-hydrogen) atoms. The van der Waals surface area contributed by atoms with Gasteiger partial charge in [-0.25, -0.2) is 4.98 Å². The first-order valence-electron chi connectivity index (χ1n) is 9.16. The number of hydrogen-bond donors (Lipinski definition) is 0. The lowest BCUT2D eigenvalue weighted by Gasteiger charge is -2.32. The minimum atomic E-state index is 0.311. The number of nitrogens with zero attached hydrogens (tertiary/aromatic N) is 2. The molecule has 1 amide bonds. The molecule has 3 nitrogen and oxygen atoms in total. The van der Waals surface area contributed by atoms with Gasteiger partial charge in [0.15, 0.2) is 0 Å². The highest BCUT2D eigenvalue weighted by molar-refractivity contribution is 7.99. The lowest BCUT2D eigenvalue weighted by molar-refractivity contribution is -0.132. The molecule has 0 aliphatic carbocycles. The molecule has 0 saturated carbocycles. The van der Waals surface area contributed by atoms with E-state index in [1.807, 2.05) is 17.8 Å². The molecule has 134 valence electrons. The molecule has 0 radical (unpaired) electrons. The minimum Gasteiger partial charge on any atom is -0.342 e. The summed E-state index contributed by atoms with van der Waals surface area (Å²) in [5.74, 6) is 1.74. The molecule has 1 aliphatic rings. The van der Waals surface area contributed by atoms with Gasteiger partial charge in [0.1, 0.15) is 0 Å². The number of amides is 1. The summed E-state index contributed by atoms with van der Waals surface area (Å²) >= 11 is 3.59. The van der Waals surface area contributed by atoms with Crippen LogP contribution in [0.25, 0.3) is 0 Å². The predicted octanol–water partition coefficient (Wildman–Crippen LogP) is 4.98. The van der Waals surface area contributed by atoms with Crippen LogP contribution in [-0.2, 0) is 11.2 Å². The van der Waals surface area contributed by atoms with E-state index in [-0.39, 0.29) is 0 Å². The molecule has 1 aromatic heterocycles. The van der Waals surface area contributed by atoms with Crippen LogP contribution >= 0.6 is 23.1 Å². The molecule has 5 heteroatoms. The highest BCUT2D eigenvalue weighted by Crippen LogP contribution is 2.30. The number of thioether (sulfide) groups is 1. The van der Waals surface area contributed by atoms with Crippen molar-refractivity contribution in [1.29, 1.82) is 0 Å². The average molecular weight is 375 g/mol. The fourth-order valence-corrected chi connectivity index (χ4v) is 5.07. The van der Waals surface area contributed by atoms with Crippen molar-refractivity contribution in [3.8, 4) is 0 Å². The van der Waals surface area contributed by atoms with Crippen molar-refractivity contribution in [3.05, 3.63) is 46.4 Å². The van der Waals surface area contributed by atoms with E-state index < -0.39 is 0 Å². The van der Waals surface area contributed by atoms with Gasteiger partial charge in [0.05, 0.1) is 10.7 Å². The number of benzene rings is 1. The van der Waals surface area contributed by atoms with Gasteiger partial charge in [-0.1, -0.05) is 25.1 Å². The molecule has 1 fully saturated rings. The molecule has 1 atom stereocenters. The zero-order valence-electron chi connectivity index (χ0n) is 14.8. The molecular weight excluding hydrogens is 348 g/mol. The monoisotopic (exact) mass is 374 g/mol. The Labute approximate surface area is 158 Å². The van der Waals surface area contributed by atoms with Crippen LogP contribution in [0, 0.1) is 0 Å². The summed E-state index contributed by atoms with van der Waals surface area (Å²) in [4.78, 5) is 20.6. The number of rotatable bonds is 7. The molecule has 2 heterocycles. The topological polar surface area (TPSA) is 33.2 Å². The summed E-state index contributed by atoms with van der Waals surface area (Å²) in [5.41, 5.74) is 1.18.